The van der Waals surface area contributed by atoms with Crippen molar-refractivity contribution in [3.8, 4) is 66.8 Å². The maximum Gasteiger partial charge on any atom is 0.206 e. The van der Waals surface area contributed by atoms with Gasteiger partial charge in [0.05, 0.1) is 11.0 Å². The molecule has 0 unspecified atom stereocenters. The van der Waals surface area contributed by atoms with Crippen LogP contribution in [-0.4, -0.2) is 8.68 Å². The zero-order chi connectivity index (χ0) is 37.4. The Morgan fingerprint density at radius 2 is 0.554 bits per heavy atom. The molecule has 56 heavy (non-hydrogen) atoms. The summed E-state index contributed by atoms with van der Waals surface area (Å²) >= 11 is 7.58. The topological polar surface area (TPSA) is 9.86 Å². The number of hydrogen-bond donors (Lipinski definition) is 0. The molecule has 10 aromatic rings. The van der Waals surface area contributed by atoms with Crippen LogP contribution >= 0.6 is 18.8 Å². The van der Waals surface area contributed by atoms with E-state index in [4.69, 9.17) is 11.2 Å². The minimum absolute atomic E-state index is 1.11. The molecule has 10 rings (SSSR count). The maximum atomic E-state index is 7.58. The van der Waals surface area contributed by atoms with Crippen molar-refractivity contribution in [2.45, 2.75) is 0 Å². The van der Waals surface area contributed by atoms with Gasteiger partial charge >= 0.3 is 0 Å². The molecule has 0 atom stereocenters. The molecule has 0 saturated heterocycles. The monoisotopic (exact) mass is 754 g/mol. The van der Waals surface area contributed by atoms with Crippen LogP contribution in [0.2, 0.25) is 0 Å². The van der Waals surface area contributed by atoms with Gasteiger partial charge in [0.15, 0.2) is 0 Å². The molecule has 2 heterocycles. The molecule has 0 bridgehead atoms. The van der Waals surface area contributed by atoms with E-state index in [1.165, 1.54) is 55.6 Å². The average Bonchev–Trinajstić information content (AvgIpc) is 3.91. The Balaban J connectivity index is 1.05. The Labute approximate surface area is 333 Å². The third kappa shape index (κ3) is 6.54. The van der Waals surface area contributed by atoms with E-state index in [-0.39, 0.29) is 0 Å². The number of fused-ring (bicyclic) bond motifs is 2. The summed E-state index contributed by atoms with van der Waals surface area (Å²) in [4.78, 5) is 0. The lowest BCUT2D eigenvalue weighted by Gasteiger charge is -2.17. The molecule has 0 radical (unpaired) electrons. The lowest BCUT2D eigenvalue weighted by atomic mass is 9.93. The van der Waals surface area contributed by atoms with Gasteiger partial charge < -0.3 is 0 Å². The molecule has 0 fully saturated rings. The van der Waals surface area contributed by atoms with Crippen molar-refractivity contribution in [2.24, 2.45) is 0 Å². The van der Waals surface area contributed by atoms with Gasteiger partial charge in [0.25, 0.3) is 0 Å². The SMILES string of the molecule is ClP(n1ccc2ccc(-c3cc(-c4ccccc4)cc(-c4ccccc4)c3)cc21)n1ccc2ccc(-c3cc(-c4ccccc4)cc(-c4ccccc4)c3)cc21. The van der Waals surface area contributed by atoms with Crippen LogP contribution in [0.4, 0.5) is 0 Å². The first-order valence-electron chi connectivity index (χ1n) is 18.9. The quantitative estimate of drug-likeness (QED) is 0.137. The van der Waals surface area contributed by atoms with Gasteiger partial charge in [0, 0.05) is 12.4 Å². The average molecular weight is 755 g/mol. The van der Waals surface area contributed by atoms with Gasteiger partial charge in [0.2, 0.25) is 7.58 Å². The molecule has 0 N–H and O–H groups in total. The van der Waals surface area contributed by atoms with Gasteiger partial charge in [-0.05, 0) is 149 Å². The lowest BCUT2D eigenvalue weighted by molar-refractivity contribution is 1.22. The van der Waals surface area contributed by atoms with Crippen LogP contribution < -0.4 is 0 Å². The standard InChI is InChI=1S/C52H36ClN2P/c53-56(54-27-25-41-21-23-43(35-51(41)54)49-31-45(37-13-5-1-6-14-37)29-46(32-49)38-15-7-2-8-16-38)55-28-26-42-22-24-44(36-52(42)55)50-33-47(39-17-9-3-10-18-39)30-48(34-50)40-19-11-4-12-20-40/h1-36H. The van der Waals surface area contributed by atoms with Crippen molar-refractivity contribution in [1.29, 1.82) is 0 Å². The summed E-state index contributed by atoms with van der Waals surface area (Å²) in [6, 6.07) is 74.1. The van der Waals surface area contributed by atoms with E-state index in [1.807, 2.05) is 0 Å². The minimum atomic E-state index is -1.32. The summed E-state index contributed by atoms with van der Waals surface area (Å²) in [5.41, 5.74) is 16.4. The van der Waals surface area contributed by atoms with Crippen molar-refractivity contribution in [3.63, 3.8) is 0 Å². The number of nitrogens with zero attached hydrogens (tertiary/aromatic N) is 2. The third-order valence-corrected chi connectivity index (χ3v) is 13.0. The van der Waals surface area contributed by atoms with E-state index in [0.29, 0.717) is 0 Å². The summed E-state index contributed by atoms with van der Waals surface area (Å²) in [5.74, 6) is 0. The van der Waals surface area contributed by atoms with Crippen LogP contribution in [0.1, 0.15) is 0 Å². The van der Waals surface area contributed by atoms with E-state index in [0.717, 1.165) is 32.9 Å². The molecule has 2 nitrogen and oxygen atoms in total. The number of aromatic nitrogens is 2. The van der Waals surface area contributed by atoms with Gasteiger partial charge in [-0.1, -0.05) is 146 Å². The highest BCUT2D eigenvalue weighted by molar-refractivity contribution is 7.81. The van der Waals surface area contributed by atoms with Crippen molar-refractivity contribution in [1.82, 2.24) is 8.68 Å². The Bertz CT molecular complexity index is 2650. The minimum Gasteiger partial charge on any atom is -0.296 e. The number of hydrogen-bond acceptors (Lipinski definition) is 0. The fraction of sp³-hybridized carbons (Fsp3) is 0. The molecule has 2 aromatic heterocycles. The summed E-state index contributed by atoms with van der Waals surface area (Å²) < 4.78 is 4.48. The van der Waals surface area contributed by atoms with E-state index >= 15 is 0 Å². The van der Waals surface area contributed by atoms with E-state index in [2.05, 4.69) is 227 Å². The molecular weight excluding hydrogens is 719 g/mol. The van der Waals surface area contributed by atoms with E-state index in [9.17, 15) is 0 Å². The highest BCUT2D eigenvalue weighted by Crippen LogP contribution is 2.50. The zero-order valence-electron chi connectivity index (χ0n) is 30.5. The maximum absolute atomic E-state index is 7.58. The smallest absolute Gasteiger partial charge is 0.206 e. The predicted molar refractivity (Wildman–Crippen MR) is 240 cm³/mol. The Morgan fingerprint density at radius 3 is 0.857 bits per heavy atom. The first-order chi connectivity index (χ1) is 27.6. The Kier molecular flexibility index (Phi) is 8.92. The molecule has 0 spiro atoms. The van der Waals surface area contributed by atoms with Gasteiger partial charge in [-0.15, -0.1) is 0 Å². The summed E-state index contributed by atoms with van der Waals surface area (Å²) in [5, 5.41) is 2.32. The molecule has 8 aromatic carbocycles. The van der Waals surface area contributed by atoms with Gasteiger partial charge in [-0.2, -0.15) is 0 Å². The van der Waals surface area contributed by atoms with Crippen LogP contribution in [0, 0.1) is 0 Å². The first-order valence-corrected chi connectivity index (χ1v) is 21.0. The van der Waals surface area contributed by atoms with Gasteiger partial charge in [-0.25, -0.2) is 0 Å². The highest BCUT2D eigenvalue weighted by Gasteiger charge is 2.18. The van der Waals surface area contributed by atoms with Crippen molar-refractivity contribution in [3.05, 3.63) is 219 Å². The second kappa shape index (κ2) is 14.7. The number of rotatable bonds is 8. The summed E-state index contributed by atoms with van der Waals surface area (Å²) in [7, 11) is -1.32. The Hall–Kier alpha value is -6.44. The fourth-order valence-corrected chi connectivity index (χ4v) is 9.81. The van der Waals surface area contributed by atoms with Crippen LogP contribution in [0.3, 0.4) is 0 Å². The number of halogens is 1. The number of benzene rings is 8. The van der Waals surface area contributed by atoms with Crippen LogP contribution in [0.25, 0.3) is 88.6 Å². The van der Waals surface area contributed by atoms with Crippen LogP contribution in [0.15, 0.2) is 219 Å². The van der Waals surface area contributed by atoms with Crippen molar-refractivity contribution in [2.75, 3.05) is 0 Å². The molecule has 0 amide bonds. The summed E-state index contributed by atoms with van der Waals surface area (Å²) in [6.07, 6.45) is 4.27. The van der Waals surface area contributed by atoms with E-state index in [1.54, 1.807) is 0 Å². The molecule has 0 aliphatic rings. The Morgan fingerprint density at radius 1 is 0.268 bits per heavy atom. The molecule has 0 aliphatic carbocycles. The fourth-order valence-electron chi connectivity index (χ4n) is 7.76. The molecule has 4 heteroatoms. The lowest BCUT2D eigenvalue weighted by Crippen LogP contribution is -1.95. The van der Waals surface area contributed by atoms with E-state index < -0.39 is 7.58 Å². The van der Waals surface area contributed by atoms with Crippen LogP contribution in [0.5, 0.6) is 0 Å². The normalized spacial score (nSPS) is 11.5. The third-order valence-electron chi connectivity index (χ3n) is 10.7. The highest BCUT2D eigenvalue weighted by atomic mass is 35.7. The largest absolute Gasteiger partial charge is 0.296 e. The molecule has 266 valence electrons. The second-order valence-corrected chi connectivity index (χ2v) is 16.4. The summed E-state index contributed by atoms with van der Waals surface area (Å²) in [6.45, 7) is 0. The second-order valence-electron chi connectivity index (χ2n) is 14.2. The van der Waals surface area contributed by atoms with Crippen LogP contribution in [-0.2, 0) is 0 Å². The van der Waals surface area contributed by atoms with Crippen molar-refractivity contribution < 1.29 is 0 Å². The molecule has 0 aliphatic heterocycles. The van der Waals surface area contributed by atoms with Crippen molar-refractivity contribution >= 4 is 40.6 Å². The first kappa shape index (κ1) is 34.1. The van der Waals surface area contributed by atoms with Gasteiger partial charge in [-0.3, -0.25) is 8.68 Å². The zero-order valence-corrected chi connectivity index (χ0v) is 32.2. The molecule has 0 saturated carbocycles. The molecular formula is C52H36ClN2P. The van der Waals surface area contributed by atoms with Gasteiger partial charge in [0.1, 0.15) is 0 Å². The predicted octanol–water partition coefficient (Wildman–Crippen LogP) is 15.5.